The van der Waals surface area contributed by atoms with Crippen molar-refractivity contribution in [3.05, 3.63) is 29.6 Å². The summed E-state index contributed by atoms with van der Waals surface area (Å²) in [5.41, 5.74) is 0.128. The van der Waals surface area contributed by atoms with Crippen LogP contribution in [0.4, 0.5) is 4.39 Å². The van der Waals surface area contributed by atoms with Gasteiger partial charge in [0, 0.05) is 17.0 Å². The summed E-state index contributed by atoms with van der Waals surface area (Å²) in [4.78, 5) is 14.9. The highest BCUT2D eigenvalue weighted by Crippen LogP contribution is 2.26. The predicted molar refractivity (Wildman–Crippen MR) is 72.6 cm³/mol. The molecular formula is C14H18FNOS. The van der Waals surface area contributed by atoms with Gasteiger partial charge in [0.2, 0.25) is 0 Å². The Morgan fingerprint density at radius 3 is 2.56 bits per heavy atom. The monoisotopic (exact) mass is 267 g/mol. The van der Waals surface area contributed by atoms with E-state index in [0.29, 0.717) is 4.90 Å². The van der Waals surface area contributed by atoms with Crippen LogP contribution in [0.15, 0.2) is 23.1 Å². The van der Waals surface area contributed by atoms with Gasteiger partial charge in [-0.05, 0) is 51.3 Å². The number of amides is 1. The molecule has 0 saturated carbocycles. The quantitative estimate of drug-likeness (QED) is 0.772. The van der Waals surface area contributed by atoms with Crippen LogP contribution in [0, 0.1) is 5.82 Å². The number of piperidine rings is 1. The maximum atomic E-state index is 13.7. The van der Waals surface area contributed by atoms with Gasteiger partial charge in [0.25, 0.3) is 5.91 Å². The van der Waals surface area contributed by atoms with Gasteiger partial charge >= 0.3 is 0 Å². The molecule has 1 aliphatic rings. The number of likely N-dealkylation sites (tertiary alicyclic amines) is 1. The zero-order valence-corrected chi connectivity index (χ0v) is 11.6. The Kier molecular flexibility index (Phi) is 3.95. The molecule has 0 aliphatic carbocycles. The SMILES string of the molecule is C[C@@H]1CCC[C@H](C)N1C(=O)c1cc(S)ccc1F. The van der Waals surface area contributed by atoms with E-state index in [-0.39, 0.29) is 23.6 Å². The van der Waals surface area contributed by atoms with Gasteiger partial charge in [0.05, 0.1) is 5.56 Å². The normalized spacial score (nSPS) is 24.1. The molecule has 1 heterocycles. The van der Waals surface area contributed by atoms with Crippen LogP contribution in [0.5, 0.6) is 0 Å². The average molecular weight is 267 g/mol. The number of thiol groups is 1. The van der Waals surface area contributed by atoms with Gasteiger partial charge in [-0.1, -0.05) is 0 Å². The van der Waals surface area contributed by atoms with Gasteiger partial charge in [0.1, 0.15) is 5.82 Å². The Hall–Kier alpha value is -1.03. The van der Waals surface area contributed by atoms with Crippen LogP contribution in [0.3, 0.4) is 0 Å². The molecule has 1 aliphatic heterocycles. The van der Waals surface area contributed by atoms with E-state index in [2.05, 4.69) is 12.6 Å². The fraction of sp³-hybridized carbons (Fsp3) is 0.500. The molecule has 0 radical (unpaired) electrons. The summed E-state index contributed by atoms with van der Waals surface area (Å²) < 4.78 is 13.7. The summed E-state index contributed by atoms with van der Waals surface area (Å²) in [7, 11) is 0. The number of carbonyl (C=O) groups is 1. The maximum Gasteiger partial charge on any atom is 0.257 e. The minimum atomic E-state index is -0.470. The molecule has 2 nitrogen and oxygen atoms in total. The number of rotatable bonds is 1. The second-order valence-electron chi connectivity index (χ2n) is 5.01. The summed E-state index contributed by atoms with van der Waals surface area (Å²) >= 11 is 4.17. The molecule has 0 unspecified atom stereocenters. The fourth-order valence-electron chi connectivity index (χ4n) is 2.64. The third-order valence-electron chi connectivity index (χ3n) is 3.61. The second kappa shape index (κ2) is 5.31. The van der Waals surface area contributed by atoms with E-state index in [0.717, 1.165) is 19.3 Å². The fourth-order valence-corrected chi connectivity index (χ4v) is 2.84. The first kappa shape index (κ1) is 13.4. The molecule has 0 spiro atoms. The molecule has 98 valence electrons. The van der Waals surface area contributed by atoms with Gasteiger partial charge in [-0.15, -0.1) is 12.6 Å². The number of nitrogens with zero attached hydrogens (tertiary/aromatic N) is 1. The first-order valence-corrected chi connectivity index (χ1v) is 6.76. The molecule has 1 aromatic rings. The van der Waals surface area contributed by atoms with Gasteiger partial charge < -0.3 is 4.90 Å². The van der Waals surface area contributed by atoms with Crippen molar-refractivity contribution < 1.29 is 9.18 Å². The summed E-state index contributed by atoms with van der Waals surface area (Å²) in [6.45, 7) is 4.05. The van der Waals surface area contributed by atoms with E-state index in [9.17, 15) is 9.18 Å². The van der Waals surface area contributed by atoms with Gasteiger partial charge in [-0.3, -0.25) is 4.79 Å². The van der Waals surface area contributed by atoms with Crippen molar-refractivity contribution in [2.45, 2.75) is 50.1 Å². The summed E-state index contributed by atoms with van der Waals surface area (Å²) in [6, 6.07) is 4.70. The molecule has 0 N–H and O–H groups in total. The van der Waals surface area contributed by atoms with E-state index in [1.54, 1.807) is 11.0 Å². The van der Waals surface area contributed by atoms with Gasteiger partial charge in [-0.2, -0.15) is 0 Å². The average Bonchev–Trinajstić information content (AvgIpc) is 2.32. The molecule has 1 aromatic carbocycles. The van der Waals surface area contributed by atoms with E-state index in [4.69, 9.17) is 0 Å². The highest BCUT2D eigenvalue weighted by atomic mass is 32.1. The molecule has 2 atom stereocenters. The molecule has 1 saturated heterocycles. The smallest absolute Gasteiger partial charge is 0.257 e. The number of halogens is 1. The second-order valence-corrected chi connectivity index (χ2v) is 5.52. The number of benzene rings is 1. The molecule has 4 heteroatoms. The first-order valence-electron chi connectivity index (χ1n) is 6.32. The Bertz CT molecular complexity index is 453. The molecule has 1 amide bonds. The Balaban J connectivity index is 2.32. The van der Waals surface area contributed by atoms with E-state index in [1.165, 1.54) is 12.1 Å². The van der Waals surface area contributed by atoms with Crippen molar-refractivity contribution in [3.63, 3.8) is 0 Å². The Morgan fingerprint density at radius 2 is 1.94 bits per heavy atom. The summed E-state index contributed by atoms with van der Waals surface area (Å²) in [5, 5.41) is 0. The first-order chi connectivity index (χ1) is 8.50. The molecular weight excluding hydrogens is 249 g/mol. The van der Waals surface area contributed by atoms with Crippen LogP contribution in [0.2, 0.25) is 0 Å². The van der Waals surface area contributed by atoms with Crippen molar-refractivity contribution in [2.24, 2.45) is 0 Å². The van der Waals surface area contributed by atoms with Crippen molar-refractivity contribution >= 4 is 18.5 Å². The van der Waals surface area contributed by atoms with Crippen LogP contribution in [0.1, 0.15) is 43.5 Å². The maximum absolute atomic E-state index is 13.7. The number of carbonyl (C=O) groups excluding carboxylic acids is 1. The van der Waals surface area contributed by atoms with Crippen molar-refractivity contribution in [2.75, 3.05) is 0 Å². The Labute approximate surface area is 113 Å². The third kappa shape index (κ3) is 2.53. The van der Waals surface area contributed by atoms with E-state index >= 15 is 0 Å². The standard InChI is InChI=1S/C14H18FNOS/c1-9-4-3-5-10(2)16(9)14(17)12-8-11(18)6-7-13(12)15/h6-10,18H,3-5H2,1-2H3/t9-,10+. The van der Waals surface area contributed by atoms with Crippen LogP contribution >= 0.6 is 12.6 Å². The van der Waals surface area contributed by atoms with Crippen LogP contribution < -0.4 is 0 Å². The minimum absolute atomic E-state index is 0.128. The lowest BCUT2D eigenvalue weighted by Crippen LogP contribution is -2.47. The zero-order chi connectivity index (χ0) is 13.3. The lowest BCUT2D eigenvalue weighted by molar-refractivity contribution is 0.0506. The van der Waals surface area contributed by atoms with Crippen molar-refractivity contribution in [1.82, 2.24) is 4.90 Å². The predicted octanol–water partition coefficient (Wildman–Crippen LogP) is 3.52. The molecule has 0 aromatic heterocycles. The molecule has 1 fully saturated rings. The topological polar surface area (TPSA) is 20.3 Å². The van der Waals surface area contributed by atoms with Crippen LogP contribution in [-0.2, 0) is 0 Å². The zero-order valence-electron chi connectivity index (χ0n) is 10.7. The highest BCUT2D eigenvalue weighted by Gasteiger charge is 2.30. The van der Waals surface area contributed by atoms with Gasteiger partial charge in [-0.25, -0.2) is 4.39 Å². The highest BCUT2D eigenvalue weighted by molar-refractivity contribution is 7.80. The molecule has 2 rings (SSSR count). The van der Waals surface area contributed by atoms with E-state index in [1.807, 2.05) is 13.8 Å². The summed E-state index contributed by atoms with van der Waals surface area (Å²) in [5.74, 6) is -0.689. The summed E-state index contributed by atoms with van der Waals surface area (Å²) in [6.07, 6.45) is 3.09. The largest absolute Gasteiger partial charge is 0.333 e. The Morgan fingerprint density at radius 1 is 1.33 bits per heavy atom. The lowest BCUT2D eigenvalue weighted by Gasteiger charge is -2.39. The van der Waals surface area contributed by atoms with Crippen LogP contribution in [0.25, 0.3) is 0 Å². The van der Waals surface area contributed by atoms with Crippen LogP contribution in [-0.4, -0.2) is 22.9 Å². The van der Waals surface area contributed by atoms with Crippen molar-refractivity contribution in [1.29, 1.82) is 0 Å². The third-order valence-corrected chi connectivity index (χ3v) is 3.89. The van der Waals surface area contributed by atoms with E-state index < -0.39 is 5.82 Å². The molecule has 0 bridgehead atoms. The lowest BCUT2D eigenvalue weighted by atomic mass is 9.96. The number of hydrogen-bond acceptors (Lipinski definition) is 2. The molecule has 18 heavy (non-hydrogen) atoms. The minimum Gasteiger partial charge on any atom is -0.333 e. The van der Waals surface area contributed by atoms with Crippen molar-refractivity contribution in [3.8, 4) is 0 Å². The number of hydrogen-bond donors (Lipinski definition) is 1. The van der Waals surface area contributed by atoms with Gasteiger partial charge in [0.15, 0.2) is 0 Å².